The van der Waals surface area contributed by atoms with Crippen LogP contribution in [-0.2, 0) is 9.53 Å². The van der Waals surface area contributed by atoms with E-state index in [1.54, 1.807) is 6.33 Å². The van der Waals surface area contributed by atoms with Gasteiger partial charge in [-0.1, -0.05) is 12.1 Å². The van der Waals surface area contributed by atoms with Gasteiger partial charge in [-0.2, -0.15) is 0 Å². The third kappa shape index (κ3) is 3.28. The minimum atomic E-state index is -0.267. The van der Waals surface area contributed by atoms with E-state index in [1.807, 2.05) is 35.8 Å². The lowest BCUT2D eigenvalue weighted by Gasteiger charge is -2.26. The van der Waals surface area contributed by atoms with E-state index in [1.165, 1.54) is 0 Å². The molecule has 0 aliphatic carbocycles. The predicted octanol–water partition coefficient (Wildman–Crippen LogP) is 1.05. The van der Waals surface area contributed by atoms with Crippen LogP contribution in [0.25, 0.3) is 11.0 Å². The summed E-state index contributed by atoms with van der Waals surface area (Å²) >= 11 is 0. The number of benzene rings is 1. The van der Waals surface area contributed by atoms with Crippen molar-refractivity contribution in [1.29, 1.82) is 0 Å². The molecule has 22 heavy (non-hydrogen) atoms. The average Bonchev–Trinajstić information content (AvgIpc) is 2.99. The Morgan fingerprint density at radius 3 is 2.95 bits per heavy atom. The lowest BCUT2D eigenvalue weighted by molar-refractivity contribution is -0.123. The van der Waals surface area contributed by atoms with Gasteiger partial charge >= 0.3 is 0 Å². The van der Waals surface area contributed by atoms with Gasteiger partial charge in [0.2, 0.25) is 5.91 Å². The van der Waals surface area contributed by atoms with Gasteiger partial charge in [-0.05, 0) is 19.1 Å². The summed E-state index contributed by atoms with van der Waals surface area (Å²) in [5, 5.41) is 3.01. The molecule has 0 spiro atoms. The summed E-state index contributed by atoms with van der Waals surface area (Å²) in [6.07, 6.45) is 1.73. The number of fused-ring (bicyclic) bond motifs is 1. The Bertz CT molecular complexity index is 634. The molecule has 1 aliphatic heterocycles. The lowest BCUT2D eigenvalue weighted by atomic mass is 10.2. The molecule has 6 heteroatoms. The van der Waals surface area contributed by atoms with Crippen molar-refractivity contribution >= 4 is 16.9 Å². The molecule has 2 heterocycles. The third-order valence-electron chi connectivity index (χ3n) is 4.11. The van der Waals surface area contributed by atoms with Crippen LogP contribution in [0, 0.1) is 0 Å². The van der Waals surface area contributed by atoms with Crippen molar-refractivity contribution in [3.8, 4) is 0 Å². The lowest BCUT2D eigenvalue weighted by Crippen LogP contribution is -2.42. The second-order valence-electron chi connectivity index (χ2n) is 5.56. The molecule has 1 saturated heterocycles. The number of nitrogens with one attached hydrogen (secondary N) is 1. The van der Waals surface area contributed by atoms with Crippen LogP contribution in [0.2, 0.25) is 0 Å². The normalized spacial score (nSPS) is 17.5. The zero-order valence-corrected chi connectivity index (χ0v) is 12.9. The number of nitrogens with zero attached hydrogens (tertiary/aromatic N) is 3. The van der Waals surface area contributed by atoms with Gasteiger partial charge in [0.05, 0.1) is 30.6 Å². The summed E-state index contributed by atoms with van der Waals surface area (Å²) < 4.78 is 7.23. The number of hydrogen-bond donors (Lipinski definition) is 1. The maximum Gasteiger partial charge on any atom is 0.242 e. The number of para-hydroxylation sites is 2. The van der Waals surface area contributed by atoms with Crippen LogP contribution in [0.3, 0.4) is 0 Å². The molecule has 1 atom stereocenters. The van der Waals surface area contributed by atoms with Gasteiger partial charge in [0.1, 0.15) is 6.04 Å². The summed E-state index contributed by atoms with van der Waals surface area (Å²) in [6, 6.07) is 7.59. The highest BCUT2D eigenvalue weighted by Gasteiger charge is 2.17. The van der Waals surface area contributed by atoms with Crippen molar-refractivity contribution < 1.29 is 9.53 Å². The number of morpholine rings is 1. The number of carbonyl (C=O) groups excluding carboxylic acids is 1. The molecule has 0 bridgehead atoms. The summed E-state index contributed by atoms with van der Waals surface area (Å²) in [6.45, 7) is 6.88. The Balaban J connectivity index is 1.55. The van der Waals surface area contributed by atoms with E-state index in [2.05, 4.69) is 15.2 Å². The molecule has 3 rings (SSSR count). The Labute approximate surface area is 130 Å². The molecule has 1 aromatic carbocycles. The highest BCUT2D eigenvalue weighted by atomic mass is 16.5. The van der Waals surface area contributed by atoms with Crippen LogP contribution in [0.15, 0.2) is 30.6 Å². The molecule has 1 fully saturated rings. The number of carbonyl (C=O) groups is 1. The fourth-order valence-corrected chi connectivity index (χ4v) is 2.72. The van der Waals surface area contributed by atoms with Gasteiger partial charge in [-0.15, -0.1) is 0 Å². The summed E-state index contributed by atoms with van der Waals surface area (Å²) in [5.74, 6) is 0.0245. The zero-order valence-electron chi connectivity index (χ0n) is 12.9. The zero-order chi connectivity index (χ0) is 15.4. The largest absolute Gasteiger partial charge is 0.379 e. The van der Waals surface area contributed by atoms with E-state index in [0.29, 0.717) is 6.54 Å². The first-order valence-corrected chi connectivity index (χ1v) is 7.75. The molecule has 6 nitrogen and oxygen atoms in total. The molecule has 1 amide bonds. The number of hydrogen-bond acceptors (Lipinski definition) is 4. The number of aromatic nitrogens is 2. The van der Waals surface area contributed by atoms with Gasteiger partial charge in [-0.3, -0.25) is 9.69 Å². The van der Waals surface area contributed by atoms with E-state index >= 15 is 0 Å². The summed E-state index contributed by atoms with van der Waals surface area (Å²) in [7, 11) is 0. The number of imidazole rings is 1. The van der Waals surface area contributed by atoms with E-state index in [-0.39, 0.29) is 11.9 Å². The molecule has 0 radical (unpaired) electrons. The molecular formula is C16H22N4O2. The van der Waals surface area contributed by atoms with Crippen molar-refractivity contribution in [2.24, 2.45) is 0 Å². The van der Waals surface area contributed by atoms with Gasteiger partial charge < -0.3 is 14.6 Å². The first-order valence-electron chi connectivity index (χ1n) is 7.75. The Morgan fingerprint density at radius 2 is 2.14 bits per heavy atom. The average molecular weight is 302 g/mol. The second-order valence-corrected chi connectivity index (χ2v) is 5.56. The minimum absolute atomic E-state index is 0.0245. The second kappa shape index (κ2) is 6.89. The first kappa shape index (κ1) is 15.0. The van der Waals surface area contributed by atoms with Crippen molar-refractivity contribution in [2.75, 3.05) is 39.4 Å². The van der Waals surface area contributed by atoms with Crippen LogP contribution in [0.5, 0.6) is 0 Å². The molecule has 1 aromatic heterocycles. The number of ether oxygens (including phenoxy) is 1. The fraction of sp³-hybridized carbons (Fsp3) is 0.500. The molecular weight excluding hydrogens is 280 g/mol. The molecule has 1 N–H and O–H groups in total. The van der Waals surface area contributed by atoms with Crippen molar-refractivity contribution in [3.63, 3.8) is 0 Å². The van der Waals surface area contributed by atoms with E-state index < -0.39 is 0 Å². The number of rotatable bonds is 5. The highest BCUT2D eigenvalue weighted by Crippen LogP contribution is 2.17. The highest BCUT2D eigenvalue weighted by molar-refractivity contribution is 5.83. The number of amides is 1. The summed E-state index contributed by atoms with van der Waals surface area (Å²) in [5.41, 5.74) is 1.90. The Kier molecular flexibility index (Phi) is 4.70. The standard InChI is InChI=1S/C16H22N4O2/c1-13(20-12-18-14-4-2-3-5-15(14)20)16(21)17-6-7-19-8-10-22-11-9-19/h2-5,12-13H,6-11H2,1H3,(H,17,21). The van der Waals surface area contributed by atoms with Crippen LogP contribution < -0.4 is 5.32 Å². The third-order valence-corrected chi connectivity index (χ3v) is 4.11. The van der Waals surface area contributed by atoms with Gasteiger partial charge in [0, 0.05) is 26.2 Å². The van der Waals surface area contributed by atoms with Gasteiger partial charge in [0.15, 0.2) is 0 Å². The monoisotopic (exact) mass is 302 g/mol. The Hall–Kier alpha value is -1.92. The SMILES string of the molecule is CC(C(=O)NCCN1CCOCC1)n1cnc2ccccc21. The molecule has 0 saturated carbocycles. The maximum absolute atomic E-state index is 12.3. The predicted molar refractivity (Wildman–Crippen MR) is 84.7 cm³/mol. The molecule has 2 aromatic rings. The van der Waals surface area contributed by atoms with E-state index in [4.69, 9.17) is 4.74 Å². The first-order chi connectivity index (χ1) is 10.8. The topological polar surface area (TPSA) is 59.4 Å². The van der Waals surface area contributed by atoms with Gasteiger partial charge in [-0.25, -0.2) is 4.98 Å². The minimum Gasteiger partial charge on any atom is -0.379 e. The van der Waals surface area contributed by atoms with Crippen molar-refractivity contribution in [3.05, 3.63) is 30.6 Å². The maximum atomic E-state index is 12.3. The van der Waals surface area contributed by atoms with Crippen LogP contribution in [0.4, 0.5) is 0 Å². The Morgan fingerprint density at radius 1 is 1.36 bits per heavy atom. The smallest absolute Gasteiger partial charge is 0.242 e. The molecule has 118 valence electrons. The van der Waals surface area contributed by atoms with Crippen LogP contribution >= 0.6 is 0 Å². The van der Waals surface area contributed by atoms with Crippen molar-refractivity contribution in [2.45, 2.75) is 13.0 Å². The molecule has 1 aliphatic rings. The van der Waals surface area contributed by atoms with Crippen molar-refractivity contribution in [1.82, 2.24) is 19.8 Å². The van der Waals surface area contributed by atoms with E-state index in [9.17, 15) is 4.79 Å². The quantitative estimate of drug-likeness (QED) is 0.897. The van der Waals surface area contributed by atoms with Gasteiger partial charge in [0.25, 0.3) is 0 Å². The summed E-state index contributed by atoms with van der Waals surface area (Å²) in [4.78, 5) is 19.0. The van der Waals surface area contributed by atoms with E-state index in [0.717, 1.165) is 43.9 Å². The molecule has 1 unspecified atom stereocenters. The fourth-order valence-electron chi connectivity index (χ4n) is 2.72. The van der Waals surface area contributed by atoms with Crippen LogP contribution in [-0.4, -0.2) is 59.8 Å². The van der Waals surface area contributed by atoms with Crippen LogP contribution in [0.1, 0.15) is 13.0 Å².